The smallest absolute Gasteiger partial charge is 0.494 e. The van der Waals surface area contributed by atoms with Gasteiger partial charge in [-0.3, -0.25) is 0 Å². The molecular formula is C17H23BO3. The lowest BCUT2D eigenvalue weighted by Gasteiger charge is -2.64. The van der Waals surface area contributed by atoms with Gasteiger partial charge in [0.05, 0.1) is 18.8 Å². The van der Waals surface area contributed by atoms with E-state index >= 15 is 0 Å². The van der Waals surface area contributed by atoms with E-state index in [0.717, 1.165) is 23.6 Å². The van der Waals surface area contributed by atoms with E-state index in [1.807, 2.05) is 24.3 Å². The second kappa shape index (κ2) is 4.27. The van der Waals surface area contributed by atoms with Crippen molar-refractivity contribution < 1.29 is 14.0 Å². The number of benzene rings is 1. The summed E-state index contributed by atoms with van der Waals surface area (Å²) in [4.78, 5) is 0. The molecule has 0 N–H and O–H groups in total. The first kappa shape index (κ1) is 13.7. The maximum Gasteiger partial charge on any atom is 0.494 e. The summed E-state index contributed by atoms with van der Waals surface area (Å²) in [7, 11) is 1.45. The number of ether oxygens (including phenoxy) is 1. The molecule has 1 aromatic carbocycles. The van der Waals surface area contributed by atoms with Gasteiger partial charge in [-0.2, -0.15) is 0 Å². The van der Waals surface area contributed by atoms with E-state index in [9.17, 15) is 0 Å². The standard InChI is InChI=1S/C17H23BO3/c1-16(2)11-9-14(16)17(3)15(10-11)20-18(21-17)12-5-7-13(19-4)8-6-12/h5-8,11,14-15H,9-10H2,1-4H3/t11-,14+,15+,17-/m1/s1. The number of hydrogen-bond acceptors (Lipinski definition) is 3. The highest BCUT2D eigenvalue weighted by Gasteiger charge is 2.67. The molecule has 0 spiro atoms. The highest BCUT2D eigenvalue weighted by Crippen LogP contribution is 2.65. The van der Waals surface area contributed by atoms with Gasteiger partial charge in [-0.1, -0.05) is 26.0 Å². The monoisotopic (exact) mass is 286 g/mol. The molecule has 2 bridgehead atoms. The van der Waals surface area contributed by atoms with Crippen LogP contribution in [0.15, 0.2) is 24.3 Å². The van der Waals surface area contributed by atoms with Gasteiger partial charge in [0.15, 0.2) is 0 Å². The molecule has 0 radical (unpaired) electrons. The summed E-state index contributed by atoms with van der Waals surface area (Å²) in [5.41, 5.74) is 1.34. The van der Waals surface area contributed by atoms with Crippen LogP contribution in [0.5, 0.6) is 5.75 Å². The van der Waals surface area contributed by atoms with Gasteiger partial charge >= 0.3 is 7.12 Å². The van der Waals surface area contributed by atoms with Crippen molar-refractivity contribution >= 4 is 12.6 Å². The predicted molar refractivity (Wildman–Crippen MR) is 82.7 cm³/mol. The lowest BCUT2D eigenvalue weighted by molar-refractivity contribution is -0.199. The number of methoxy groups -OCH3 is 1. The Labute approximate surface area is 127 Å². The highest BCUT2D eigenvalue weighted by molar-refractivity contribution is 6.62. The Kier molecular flexibility index (Phi) is 2.77. The molecule has 3 nitrogen and oxygen atoms in total. The van der Waals surface area contributed by atoms with Crippen LogP contribution < -0.4 is 10.2 Å². The van der Waals surface area contributed by atoms with Crippen LogP contribution in [0, 0.1) is 17.3 Å². The highest BCUT2D eigenvalue weighted by atomic mass is 16.7. The molecule has 1 aromatic rings. The largest absolute Gasteiger partial charge is 0.497 e. The topological polar surface area (TPSA) is 27.7 Å². The van der Waals surface area contributed by atoms with Crippen molar-refractivity contribution in [3.8, 4) is 5.75 Å². The van der Waals surface area contributed by atoms with Crippen molar-refractivity contribution in [2.75, 3.05) is 7.11 Å². The van der Waals surface area contributed by atoms with Crippen LogP contribution in [0.4, 0.5) is 0 Å². The van der Waals surface area contributed by atoms with Crippen molar-refractivity contribution in [1.29, 1.82) is 0 Å². The number of rotatable bonds is 2. The zero-order valence-electron chi connectivity index (χ0n) is 13.3. The molecule has 0 unspecified atom stereocenters. The Morgan fingerprint density at radius 3 is 2.48 bits per heavy atom. The summed E-state index contributed by atoms with van der Waals surface area (Å²) >= 11 is 0. The average Bonchev–Trinajstić information content (AvgIpc) is 2.84. The summed E-state index contributed by atoms with van der Waals surface area (Å²) in [6.45, 7) is 7.03. The molecule has 112 valence electrons. The first-order chi connectivity index (χ1) is 9.95. The molecule has 3 saturated carbocycles. The van der Waals surface area contributed by atoms with E-state index in [0.29, 0.717) is 11.3 Å². The van der Waals surface area contributed by atoms with E-state index < -0.39 is 0 Å². The molecule has 1 aliphatic heterocycles. The Bertz CT molecular complexity index is 556. The van der Waals surface area contributed by atoms with Crippen LogP contribution in [0.2, 0.25) is 0 Å². The van der Waals surface area contributed by atoms with Crippen LogP contribution >= 0.6 is 0 Å². The van der Waals surface area contributed by atoms with Crippen molar-refractivity contribution in [3.63, 3.8) is 0 Å². The van der Waals surface area contributed by atoms with Gasteiger partial charge in [0.25, 0.3) is 0 Å². The van der Waals surface area contributed by atoms with E-state index in [2.05, 4.69) is 20.8 Å². The average molecular weight is 286 g/mol. The molecule has 4 heteroatoms. The Morgan fingerprint density at radius 2 is 1.86 bits per heavy atom. The van der Waals surface area contributed by atoms with Crippen molar-refractivity contribution in [3.05, 3.63) is 24.3 Å². The molecule has 1 saturated heterocycles. The van der Waals surface area contributed by atoms with Crippen LogP contribution in [-0.4, -0.2) is 25.9 Å². The molecule has 4 fully saturated rings. The van der Waals surface area contributed by atoms with Crippen molar-refractivity contribution in [2.24, 2.45) is 17.3 Å². The van der Waals surface area contributed by atoms with Gasteiger partial charge in [-0.15, -0.1) is 0 Å². The van der Waals surface area contributed by atoms with Crippen molar-refractivity contribution in [2.45, 2.75) is 45.3 Å². The first-order valence-corrected chi connectivity index (χ1v) is 7.92. The fourth-order valence-corrected chi connectivity index (χ4v) is 4.77. The predicted octanol–water partition coefficient (Wildman–Crippen LogP) is 2.63. The first-order valence-electron chi connectivity index (χ1n) is 7.92. The van der Waals surface area contributed by atoms with Gasteiger partial charge in [-0.05, 0) is 54.6 Å². The lowest BCUT2D eigenvalue weighted by Crippen LogP contribution is -2.65. The molecule has 4 aliphatic rings. The van der Waals surface area contributed by atoms with E-state index in [4.69, 9.17) is 14.0 Å². The second-order valence-electron chi connectivity index (χ2n) is 7.57. The molecule has 4 atom stereocenters. The van der Waals surface area contributed by atoms with Crippen LogP contribution in [0.25, 0.3) is 0 Å². The third-order valence-electron chi connectivity index (χ3n) is 6.34. The number of hydrogen-bond donors (Lipinski definition) is 0. The van der Waals surface area contributed by atoms with Gasteiger partial charge in [0, 0.05) is 0 Å². The summed E-state index contributed by atoms with van der Waals surface area (Å²) < 4.78 is 17.9. The van der Waals surface area contributed by atoms with E-state index in [1.54, 1.807) is 7.11 Å². The Balaban J connectivity index is 1.59. The summed E-state index contributed by atoms with van der Waals surface area (Å²) in [5, 5.41) is 0. The minimum Gasteiger partial charge on any atom is -0.497 e. The maximum absolute atomic E-state index is 6.44. The molecule has 0 amide bonds. The van der Waals surface area contributed by atoms with Crippen LogP contribution in [0.3, 0.4) is 0 Å². The minimum atomic E-state index is -0.235. The normalized spacial score (nSPS) is 39.6. The van der Waals surface area contributed by atoms with Crippen molar-refractivity contribution in [1.82, 2.24) is 0 Å². The van der Waals surface area contributed by atoms with E-state index in [-0.39, 0.29) is 18.8 Å². The minimum absolute atomic E-state index is 0.136. The third kappa shape index (κ3) is 1.75. The fraction of sp³-hybridized carbons (Fsp3) is 0.647. The molecule has 0 aromatic heterocycles. The summed E-state index contributed by atoms with van der Waals surface area (Å²) in [6, 6.07) is 8.02. The van der Waals surface area contributed by atoms with Gasteiger partial charge in [-0.25, -0.2) is 0 Å². The van der Waals surface area contributed by atoms with Gasteiger partial charge in [0.2, 0.25) is 0 Å². The summed E-state index contributed by atoms with van der Waals surface area (Å²) in [6.07, 6.45) is 2.66. The van der Waals surface area contributed by atoms with Gasteiger partial charge < -0.3 is 14.0 Å². The molecule has 21 heavy (non-hydrogen) atoms. The second-order valence-corrected chi connectivity index (χ2v) is 7.57. The van der Waals surface area contributed by atoms with E-state index in [1.165, 1.54) is 6.42 Å². The zero-order chi connectivity index (χ0) is 14.8. The summed E-state index contributed by atoms with van der Waals surface area (Å²) in [5.74, 6) is 2.26. The molecular weight excluding hydrogens is 263 g/mol. The lowest BCUT2D eigenvalue weighted by atomic mass is 9.43. The van der Waals surface area contributed by atoms with Crippen LogP contribution in [-0.2, 0) is 9.31 Å². The molecule has 3 aliphatic carbocycles. The maximum atomic E-state index is 6.44. The SMILES string of the molecule is COc1ccc(B2O[C@H]3C[C@H]4C[C@@H](C4(C)C)[C@@]3(C)O2)cc1. The third-order valence-corrected chi connectivity index (χ3v) is 6.34. The Morgan fingerprint density at radius 1 is 1.14 bits per heavy atom. The fourth-order valence-electron chi connectivity index (χ4n) is 4.77. The molecule has 1 heterocycles. The quantitative estimate of drug-likeness (QED) is 0.782. The zero-order valence-corrected chi connectivity index (χ0v) is 13.3. The van der Waals surface area contributed by atoms with Gasteiger partial charge in [0.1, 0.15) is 5.75 Å². The molecule has 5 rings (SSSR count). The Hall–Kier alpha value is -0.995. The van der Waals surface area contributed by atoms with Crippen LogP contribution in [0.1, 0.15) is 33.6 Å².